The Balaban J connectivity index is 1.92. The number of nitrogen functional groups attached to an aromatic ring is 1. The van der Waals surface area contributed by atoms with E-state index in [1.165, 1.54) is 11.9 Å². The quantitative estimate of drug-likeness (QED) is 0.813. The third-order valence-corrected chi connectivity index (χ3v) is 2.59. The second-order valence-corrected chi connectivity index (χ2v) is 3.93. The summed E-state index contributed by atoms with van der Waals surface area (Å²) in [5.74, 6) is 1.31. The monoisotopic (exact) mass is 232 g/mol. The summed E-state index contributed by atoms with van der Waals surface area (Å²) in [6, 6.07) is 0. The zero-order chi connectivity index (χ0) is 12.3. The van der Waals surface area contributed by atoms with Crippen molar-refractivity contribution in [1.82, 2.24) is 19.7 Å². The number of aromatic nitrogens is 4. The van der Waals surface area contributed by atoms with Crippen LogP contribution in [0.5, 0.6) is 0 Å². The fourth-order valence-electron chi connectivity index (χ4n) is 1.57. The van der Waals surface area contributed by atoms with E-state index in [0.29, 0.717) is 5.82 Å². The van der Waals surface area contributed by atoms with E-state index in [4.69, 9.17) is 5.73 Å². The molecule has 0 saturated heterocycles. The number of anilines is 2. The molecule has 2 rings (SSSR count). The van der Waals surface area contributed by atoms with Crippen LogP contribution in [0, 0.1) is 6.92 Å². The number of aryl methyl sites for hydroxylation is 1. The third kappa shape index (κ3) is 2.72. The SMILES string of the molecule is Cc1c(N)ncnc1NCCc1cnn(C)c1. The molecular formula is C11H16N6. The molecule has 0 saturated carbocycles. The molecule has 0 aliphatic carbocycles. The van der Waals surface area contributed by atoms with Gasteiger partial charge in [-0.25, -0.2) is 9.97 Å². The van der Waals surface area contributed by atoms with Crippen LogP contribution in [-0.2, 0) is 13.5 Å². The van der Waals surface area contributed by atoms with Crippen LogP contribution in [0.4, 0.5) is 11.6 Å². The average Bonchev–Trinajstić information content (AvgIpc) is 2.70. The Hall–Kier alpha value is -2.11. The molecule has 3 N–H and O–H groups in total. The van der Waals surface area contributed by atoms with Gasteiger partial charge in [-0.1, -0.05) is 0 Å². The van der Waals surface area contributed by atoms with Crippen LogP contribution in [0.3, 0.4) is 0 Å². The van der Waals surface area contributed by atoms with Crippen molar-refractivity contribution in [3.05, 3.63) is 29.8 Å². The van der Waals surface area contributed by atoms with Gasteiger partial charge in [-0.15, -0.1) is 0 Å². The Bertz CT molecular complexity index is 504. The first kappa shape index (κ1) is 11.4. The minimum absolute atomic E-state index is 0.517. The van der Waals surface area contributed by atoms with Crippen molar-refractivity contribution in [3.8, 4) is 0 Å². The van der Waals surface area contributed by atoms with Crippen LogP contribution < -0.4 is 11.1 Å². The standard InChI is InChI=1S/C11H16N6/c1-8-10(12)14-7-15-11(8)13-4-3-9-5-16-17(2)6-9/h5-7H,3-4H2,1-2H3,(H3,12,13,14,15). The summed E-state index contributed by atoms with van der Waals surface area (Å²) < 4.78 is 1.79. The first-order chi connectivity index (χ1) is 8.16. The van der Waals surface area contributed by atoms with E-state index >= 15 is 0 Å². The molecule has 0 atom stereocenters. The number of rotatable bonds is 4. The highest BCUT2D eigenvalue weighted by Crippen LogP contribution is 2.14. The van der Waals surface area contributed by atoms with E-state index in [-0.39, 0.29) is 0 Å². The first-order valence-electron chi connectivity index (χ1n) is 5.45. The van der Waals surface area contributed by atoms with E-state index < -0.39 is 0 Å². The number of nitrogens with zero attached hydrogens (tertiary/aromatic N) is 4. The fraction of sp³-hybridized carbons (Fsp3) is 0.364. The van der Waals surface area contributed by atoms with E-state index in [1.54, 1.807) is 4.68 Å². The van der Waals surface area contributed by atoms with Gasteiger partial charge in [0.15, 0.2) is 0 Å². The zero-order valence-corrected chi connectivity index (χ0v) is 10.0. The topological polar surface area (TPSA) is 81.7 Å². The van der Waals surface area contributed by atoms with Crippen molar-refractivity contribution in [1.29, 1.82) is 0 Å². The second-order valence-electron chi connectivity index (χ2n) is 3.93. The van der Waals surface area contributed by atoms with Crippen LogP contribution >= 0.6 is 0 Å². The molecule has 17 heavy (non-hydrogen) atoms. The molecule has 0 radical (unpaired) electrons. The molecule has 0 fully saturated rings. The molecule has 0 aliphatic heterocycles. The van der Waals surface area contributed by atoms with Gasteiger partial charge in [0.25, 0.3) is 0 Å². The summed E-state index contributed by atoms with van der Waals surface area (Å²) in [6.07, 6.45) is 6.23. The summed E-state index contributed by atoms with van der Waals surface area (Å²) in [5, 5.41) is 7.36. The van der Waals surface area contributed by atoms with E-state index in [0.717, 1.165) is 24.3 Å². The molecule has 90 valence electrons. The number of nitrogens with two attached hydrogens (primary N) is 1. The highest BCUT2D eigenvalue weighted by atomic mass is 15.2. The molecule has 0 amide bonds. The molecule has 0 aromatic carbocycles. The number of hydrogen-bond acceptors (Lipinski definition) is 5. The number of hydrogen-bond donors (Lipinski definition) is 2. The zero-order valence-electron chi connectivity index (χ0n) is 10.0. The van der Waals surface area contributed by atoms with Crippen molar-refractivity contribution in [3.63, 3.8) is 0 Å². The van der Waals surface area contributed by atoms with Crippen molar-refractivity contribution in [2.24, 2.45) is 7.05 Å². The van der Waals surface area contributed by atoms with Crippen LogP contribution in [0.25, 0.3) is 0 Å². The Morgan fingerprint density at radius 3 is 2.94 bits per heavy atom. The summed E-state index contributed by atoms with van der Waals surface area (Å²) in [5.41, 5.74) is 7.78. The maximum Gasteiger partial charge on any atom is 0.134 e. The molecule has 0 aliphatic rings. The van der Waals surface area contributed by atoms with Crippen molar-refractivity contribution >= 4 is 11.6 Å². The lowest BCUT2D eigenvalue weighted by Crippen LogP contribution is -2.09. The first-order valence-corrected chi connectivity index (χ1v) is 5.45. The van der Waals surface area contributed by atoms with E-state index in [2.05, 4.69) is 20.4 Å². The lowest BCUT2D eigenvalue weighted by molar-refractivity contribution is 0.767. The molecule has 2 heterocycles. The summed E-state index contributed by atoms with van der Waals surface area (Å²) >= 11 is 0. The Morgan fingerprint density at radius 2 is 2.24 bits per heavy atom. The molecule has 6 nitrogen and oxygen atoms in total. The maximum absolute atomic E-state index is 5.70. The molecule has 0 unspecified atom stereocenters. The van der Waals surface area contributed by atoms with Gasteiger partial charge in [-0.2, -0.15) is 5.10 Å². The second kappa shape index (κ2) is 4.82. The number of nitrogens with one attached hydrogen (secondary N) is 1. The van der Waals surface area contributed by atoms with Gasteiger partial charge in [-0.3, -0.25) is 4.68 Å². The highest BCUT2D eigenvalue weighted by molar-refractivity contribution is 5.53. The van der Waals surface area contributed by atoms with Gasteiger partial charge in [0, 0.05) is 25.4 Å². The Kier molecular flexibility index (Phi) is 3.22. The average molecular weight is 232 g/mol. The van der Waals surface area contributed by atoms with Gasteiger partial charge in [0.1, 0.15) is 18.0 Å². The Morgan fingerprint density at radius 1 is 1.41 bits per heavy atom. The van der Waals surface area contributed by atoms with Crippen LogP contribution in [0.1, 0.15) is 11.1 Å². The summed E-state index contributed by atoms with van der Waals surface area (Å²) in [7, 11) is 1.91. The van der Waals surface area contributed by atoms with Crippen LogP contribution in [-0.4, -0.2) is 26.3 Å². The van der Waals surface area contributed by atoms with Crippen LogP contribution in [0.2, 0.25) is 0 Å². The van der Waals surface area contributed by atoms with Gasteiger partial charge in [0.05, 0.1) is 6.20 Å². The lowest BCUT2D eigenvalue weighted by atomic mass is 10.2. The fourth-order valence-corrected chi connectivity index (χ4v) is 1.57. The maximum atomic E-state index is 5.70. The Labute approximate surface area is 99.9 Å². The summed E-state index contributed by atoms with van der Waals surface area (Å²) in [4.78, 5) is 8.07. The van der Waals surface area contributed by atoms with Gasteiger partial charge < -0.3 is 11.1 Å². The van der Waals surface area contributed by atoms with E-state index in [1.807, 2.05) is 26.4 Å². The smallest absolute Gasteiger partial charge is 0.134 e. The van der Waals surface area contributed by atoms with Crippen molar-refractivity contribution in [2.45, 2.75) is 13.3 Å². The molecule has 0 bridgehead atoms. The van der Waals surface area contributed by atoms with Crippen molar-refractivity contribution in [2.75, 3.05) is 17.6 Å². The molecule has 2 aromatic heterocycles. The molecule has 2 aromatic rings. The minimum atomic E-state index is 0.517. The molecule has 6 heteroatoms. The molecule has 0 spiro atoms. The normalized spacial score (nSPS) is 10.5. The van der Waals surface area contributed by atoms with Gasteiger partial charge in [0.2, 0.25) is 0 Å². The van der Waals surface area contributed by atoms with Crippen LogP contribution in [0.15, 0.2) is 18.7 Å². The third-order valence-electron chi connectivity index (χ3n) is 2.59. The summed E-state index contributed by atoms with van der Waals surface area (Å²) in [6.45, 7) is 2.70. The predicted octanol–water partition coefficient (Wildman–Crippen LogP) is 0.755. The van der Waals surface area contributed by atoms with Gasteiger partial charge in [-0.05, 0) is 18.9 Å². The lowest BCUT2D eigenvalue weighted by Gasteiger charge is -2.08. The largest absolute Gasteiger partial charge is 0.383 e. The van der Waals surface area contributed by atoms with E-state index in [9.17, 15) is 0 Å². The minimum Gasteiger partial charge on any atom is -0.383 e. The van der Waals surface area contributed by atoms with Gasteiger partial charge >= 0.3 is 0 Å². The predicted molar refractivity (Wildman–Crippen MR) is 66.6 cm³/mol. The molecular weight excluding hydrogens is 216 g/mol. The highest BCUT2D eigenvalue weighted by Gasteiger charge is 2.03. The van der Waals surface area contributed by atoms with Crippen molar-refractivity contribution < 1.29 is 0 Å².